The Bertz CT molecular complexity index is 675. The molecule has 156 valence electrons. The molecule has 4 N–H and O–H groups in total. The van der Waals surface area contributed by atoms with Gasteiger partial charge in [-0.05, 0) is 18.6 Å². The molecule has 1 atom stereocenters. The number of para-hydroxylation sites is 1. The number of hydrogen-bond donors (Lipinski definition) is 3. The van der Waals surface area contributed by atoms with Gasteiger partial charge in [-0.1, -0.05) is 48.5 Å². The highest BCUT2D eigenvalue weighted by Crippen LogP contribution is 2.25. The number of halogens is 2. The van der Waals surface area contributed by atoms with Gasteiger partial charge in [0, 0.05) is 25.2 Å². The number of ether oxygens (including phenoxy) is 2. The Morgan fingerprint density at radius 3 is 2.43 bits per heavy atom. The Hall–Kier alpha value is -1.99. The van der Waals surface area contributed by atoms with Gasteiger partial charge in [-0.25, -0.2) is 4.79 Å². The van der Waals surface area contributed by atoms with E-state index in [2.05, 4.69) is 10.6 Å². The molecule has 0 spiro atoms. The maximum Gasteiger partial charge on any atom is 0.407 e. The second kappa shape index (κ2) is 15.0. The molecule has 0 heterocycles. The van der Waals surface area contributed by atoms with Crippen LogP contribution in [0.1, 0.15) is 24.1 Å². The summed E-state index contributed by atoms with van der Waals surface area (Å²) in [4.78, 5) is 12.3. The lowest BCUT2D eigenvalue weighted by atomic mass is 10.1. The molecule has 0 radical (unpaired) electrons. The zero-order chi connectivity index (χ0) is 18.6. The summed E-state index contributed by atoms with van der Waals surface area (Å²) in [5, 5.41) is 6.15. The summed E-state index contributed by atoms with van der Waals surface area (Å²) in [5.74, 6) is 0.748. The van der Waals surface area contributed by atoms with Crippen LogP contribution < -0.4 is 21.1 Å². The van der Waals surface area contributed by atoms with Crippen LogP contribution in [0.15, 0.2) is 54.6 Å². The molecule has 0 aliphatic heterocycles. The number of carbonyl (C=O) groups is 1. The predicted molar refractivity (Wildman–Crippen MR) is 117 cm³/mol. The van der Waals surface area contributed by atoms with Crippen molar-refractivity contribution in [2.45, 2.75) is 19.6 Å². The Morgan fingerprint density at radius 2 is 1.75 bits per heavy atom. The quantitative estimate of drug-likeness (QED) is 0.503. The fraction of sp³-hybridized carbons (Fsp3) is 0.350. The fourth-order valence-corrected chi connectivity index (χ4v) is 2.55. The van der Waals surface area contributed by atoms with E-state index in [4.69, 9.17) is 15.2 Å². The van der Waals surface area contributed by atoms with Crippen LogP contribution in [0.4, 0.5) is 4.79 Å². The van der Waals surface area contributed by atoms with Crippen LogP contribution in [0.25, 0.3) is 0 Å². The Balaban J connectivity index is 0.00000364. The molecule has 2 aromatic carbocycles. The first-order valence-electron chi connectivity index (χ1n) is 8.84. The molecule has 2 aromatic rings. The predicted octanol–water partition coefficient (Wildman–Crippen LogP) is 3.44. The Morgan fingerprint density at radius 1 is 1.07 bits per heavy atom. The highest BCUT2D eigenvalue weighted by molar-refractivity contribution is 5.85. The minimum Gasteiger partial charge on any atom is -0.494 e. The van der Waals surface area contributed by atoms with Crippen molar-refractivity contribution in [3.05, 3.63) is 65.7 Å². The van der Waals surface area contributed by atoms with E-state index in [9.17, 15) is 4.79 Å². The maximum atomic E-state index is 12.3. The van der Waals surface area contributed by atoms with E-state index in [-0.39, 0.29) is 37.5 Å². The van der Waals surface area contributed by atoms with Gasteiger partial charge in [0.2, 0.25) is 0 Å². The molecule has 0 saturated carbocycles. The van der Waals surface area contributed by atoms with Gasteiger partial charge in [-0.15, -0.1) is 24.8 Å². The van der Waals surface area contributed by atoms with Crippen molar-refractivity contribution in [2.24, 2.45) is 5.73 Å². The highest BCUT2D eigenvalue weighted by Gasteiger charge is 2.19. The molecule has 6 nitrogen and oxygen atoms in total. The summed E-state index contributed by atoms with van der Waals surface area (Å²) in [6.45, 7) is 4.43. The molecule has 2 rings (SSSR count). The van der Waals surface area contributed by atoms with Gasteiger partial charge in [0.15, 0.2) is 0 Å². The van der Waals surface area contributed by atoms with Gasteiger partial charge in [0.05, 0.1) is 12.6 Å². The van der Waals surface area contributed by atoms with Gasteiger partial charge < -0.3 is 25.8 Å². The largest absolute Gasteiger partial charge is 0.494 e. The van der Waals surface area contributed by atoms with Crippen LogP contribution in [0.3, 0.4) is 0 Å². The number of hydrogen-bond acceptors (Lipinski definition) is 5. The normalized spacial score (nSPS) is 10.8. The summed E-state index contributed by atoms with van der Waals surface area (Å²) in [7, 11) is 0. The molecular weight excluding hydrogens is 401 g/mol. The second-order valence-corrected chi connectivity index (χ2v) is 5.72. The van der Waals surface area contributed by atoms with Crippen LogP contribution in [0.2, 0.25) is 0 Å². The van der Waals surface area contributed by atoms with Crippen molar-refractivity contribution >= 4 is 30.9 Å². The molecule has 0 aromatic heterocycles. The first kappa shape index (κ1) is 26.0. The van der Waals surface area contributed by atoms with Crippen molar-refractivity contribution in [1.82, 2.24) is 10.6 Å². The second-order valence-electron chi connectivity index (χ2n) is 5.72. The van der Waals surface area contributed by atoms with Crippen molar-refractivity contribution in [3.8, 4) is 5.75 Å². The van der Waals surface area contributed by atoms with Crippen molar-refractivity contribution in [2.75, 3.05) is 26.2 Å². The van der Waals surface area contributed by atoms with Gasteiger partial charge in [0.1, 0.15) is 12.4 Å². The summed E-state index contributed by atoms with van der Waals surface area (Å²) in [6.07, 6.45) is -0.472. The van der Waals surface area contributed by atoms with E-state index < -0.39 is 6.09 Å². The van der Waals surface area contributed by atoms with E-state index in [1.807, 2.05) is 61.5 Å². The SMILES string of the molecule is CCOc1ccccc1C(CNCCN)NC(=O)OCc1ccccc1.Cl.Cl. The molecule has 28 heavy (non-hydrogen) atoms. The molecule has 0 aliphatic carbocycles. The lowest BCUT2D eigenvalue weighted by Crippen LogP contribution is -2.37. The van der Waals surface area contributed by atoms with Crippen LogP contribution in [-0.4, -0.2) is 32.3 Å². The van der Waals surface area contributed by atoms with E-state index in [1.165, 1.54) is 0 Å². The molecule has 1 unspecified atom stereocenters. The molecule has 0 bridgehead atoms. The van der Waals surface area contributed by atoms with Crippen molar-refractivity contribution < 1.29 is 14.3 Å². The third-order valence-corrected chi connectivity index (χ3v) is 3.77. The Kier molecular flexibility index (Phi) is 13.9. The summed E-state index contributed by atoms with van der Waals surface area (Å²) >= 11 is 0. The third-order valence-electron chi connectivity index (χ3n) is 3.77. The first-order chi connectivity index (χ1) is 12.7. The number of nitrogens with one attached hydrogen (secondary N) is 2. The van der Waals surface area contributed by atoms with Crippen molar-refractivity contribution in [3.63, 3.8) is 0 Å². The van der Waals surface area contributed by atoms with Crippen LogP contribution >= 0.6 is 24.8 Å². The number of nitrogens with two attached hydrogens (primary N) is 1. The lowest BCUT2D eigenvalue weighted by molar-refractivity contribution is 0.135. The number of rotatable bonds is 10. The van der Waals surface area contributed by atoms with Gasteiger partial charge in [-0.2, -0.15) is 0 Å². The topological polar surface area (TPSA) is 85.6 Å². The van der Waals surface area contributed by atoms with Crippen LogP contribution in [-0.2, 0) is 11.3 Å². The third kappa shape index (κ3) is 8.80. The maximum absolute atomic E-state index is 12.3. The van der Waals surface area contributed by atoms with Gasteiger partial charge >= 0.3 is 6.09 Å². The molecule has 1 amide bonds. The standard InChI is InChI=1S/C20H27N3O3.2ClH/c1-2-25-19-11-7-6-10-17(19)18(14-22-13-12-21)23-20(24)26-15-16-8-4-3-5-9-16;;/h3-11,18,22H,2,12-15,21H2,1H3,(H,23,24);2*1H. The summed E-state index contributed by atoms with van der Waals surface area (Å²) in [6, 6.07) is 17.0. The minimum atomic E-state index is -0.472. The molecule has 0 aliphatic rings. The van der Waals surface area contributed by atoms with E-state index in [0.717, 1.165) is 16.9 Å². The zero-order valence-electron chi connectivity index (χ0n) is 15.9. The monoisotopic (exact) mass is 429 g/mol. The number of amides is 1. The van der Waals surface area contributed by atoms with E-state index in [0.29, 0.717) is 26.2 Å². The first-order valence-corrected chi connectivity index (χ1v) is 8.84. The summed E-state index contributed by atoms with van der Waals surface area (Å²) < 4.78 is 11.0. The lowest BCUT2D eigenvalue weighted by Gasteiger charge is -2.22. The smallest absolute Gasteiger partial charge is 0.407 e. The number of carbonyl (C=O) groups excluding carboxylic acids is 1. The fourth-order valence-electron chi connectivity index (χ4n) is 2.55. The van der Waals surface area contributed by atoms with Crippen LogP contribution in [0, 0.1) is 0 Å². The summed E-state index contributed by atoms with van der Waals surface area (Å²) in [5.41, 5.74) is 7.38. The zero-order valence-corrected chi connectivity index (χ0v) is 17.6. The van der Waals surface area contributed by atoms with E-state index >= 15 is 0 Å². The molecular formula is C20H29Cl2N3O3. The Labute approximate surface area is 179 Å². The molecule has 0 fully saturated rings. The molecule has 0 saturated heterocycles. The van der Waals surface area contributed by atoms with Crippen LogP contribution in [0.5, 0.6) is 5.75 Å². The highest BCUT2D eigenvalue weighted by atomic mass is 35.5. The van der Waals surface area contributed by atoms with Gasteiger partial charge in [-0.3, -0.25) is 0 Å². The van der Waals surface area contributed by atoms with Crippen molar-refractivity contribution in [1.29, 1.82) is 0 Å². The average Bonchev–Trinajstić information content (AvgIpc) is 2.67. The molecule has 8 heteroatoms. The number of benzene rings is 2. The van der Waals surface area contributed by atoms with Gasteiger partial charge in [0.25, 0.3) is 0 Å². The number of alkyl carbamates (subject to hydrolysis) is 1. The minimum absolute atomic E-state index is 0. The van der Waals surface area contributed by atoms with E-state index in [1.54, 1.807) is 0 Å². The average molecular weight is 430 g/mol.